The van der Waals surface area contributed by atoms with Gasteiger partial charge in [-0.3, -0.25) is 8.37 Å². The molecule has 3 aromatic rings. The van der Waals surface area contributed by atoms with Crippen LogP contribution in [0.1, 0.15) is 23.1 Å². The van der Waals surface area contributed by atoms with Gasteiger partial charge in [0.2, 0.25) is 0 Å². The first-order valence-corrected chi connectivity index (χ1v) is 16.4. The Bertz CT molecular complexity index is 1330. The summed E-state index contributed by atoms with van der Waals surface area (Å²) in [5.41, 5.74) is 2.65. The SMILES string of the molecule is CS(=O)(=O)OC[C@H](C[C@H](OCc1ccccc1)[C@H](COCc1ccccc1)OS(C)(=O)=O)OCc1ccccc1. The van der Waals surface area contributed by atoms with E-state index in [-0.39, 0.29) is 39.5 Å². The molecule has 3 aromatic carbocycles. The number of hydrogen-bond acceptors (Lipinski definition) is 9. The lowest BCUT2D eigenvalue weighted by Crippen LogP contribution is -2.41. The molecule has 218 valence electrons. The van der Waals surface area contributed by atoms with Gasteiger partial charge in [0.05, 0.1) is 57.8 Å². The Kier molecular flexibility index (Phi) is 12.7. The second kappa shape index (κ2) is 16.0. The Morgan fingerprint density at radius 3 is 1.52 bits per heavy atom. The van der Waals surface area contributed by atoms with Crippen LogP contribution in [0.15, 0.2) is 91.0 Å². The van der Waals surface area contributed by atoms with Crippen molar-refractivity contribution in [2.75, 3.05) is 25.7 Å². The molecule has 0 radical (unpaired) electrons. The first kappa shape index (κ1) is 31.9. The Balaban J connectivity index is 1.81. The van der Waals surface area contributed by atoms with Crippen LogP contribution in [-0.4, -0.2) is 60.9 Å². The van der Waals surface area contributed by atoms with Crippen molar-refractivity contribution in [1.29, 1.82) is 0 Å². The maximum Gasteiger partial charge on any atom is 0.264 e. The Morgan fingerprint density at radius 1 is 0.575 bits per heavy atom. The van der Waals surface area contributed by atoms with Gasteiger partial charge in [-0.1, -0.05) is 91.0 Å². The smallest absolute Gasteiger partial charge is 0.264 e. The van der Waals surface area contributed by atoms with Crippen molar-refractivity contribution in [3.8, 4) is 0 Å². The van der Waals surface area contributed by atoms with Crippen LogP contribution < -0.4 is 0 Å². The number of rotatable bonds is 18. The highest BCUT2D eigenvalue weighted by Crippen LogP contribution is 2.20. The van der Waals surface area contributed by atoms with Crippen LogP contribution in [-0.2, 0) is 62.6 Å². The standard InChI is InChI=1S/C29H36O9S2/c1-39(30,31)37-22-27(35-20-25-14-8-4-9-15-25)18-28(36-21-26-16-10-5-11-17-26)29(38-40(2,32)33)23-34-19-24-12-6-3-7-13-24/h3-17,27-29H,18-23H2,1-2H3/t27-,28-,29-/m0/s1. The largest absolute Gasteiger partial charge is 0.374 e. The summed E-state index contributed by atoms with van der Waals surface area (Å²) in [6, 6.07) is 28.2. The predicted octanol–water partition coefficient (Wildman–Crippen LogP) is 4.09. The van der Waals surface area contributed by atoms with Gasteiger partial charge in [-0.15, -0.1) is 0 Å². The van der Waals surface area contributed by atoms with Crippen LogP contribution in [0.3, 0.4) is 0 Å². The molecule has 0 heterocycles. The van der Waals surface area contributed by atoms with Crippen LogP contribution in [0, 0.1) is 0 Å². The van der Waals surface area contributed by atoms with Crippen LogP contribution in [0.25, 0.3) is 0 Å². The minimum absolute atomic E-state index is 0.0735. The van der Waals surface area contributed by atoms with Crippen LogP contribution >= 0.6 is 0 Å². The van der Waals surface area contributed by atoms with Gasteiger partial charge in [0, 0.05) is 6.42 Å². The van der Waals surface area contributed by atoms with E-state index in [9.17, 15) is 16.8 Å². The van der Waals surface area contributed by atoms with E-state index in [2.05, 4.69) is 0 Å². The molecule has 40 heavy (non-hydrogen) atoms. The van der Waals surface area contributed by atoms with E-state index in [4.69, 9.17) is 22.6 Å². The highest BCUT2D eigenvalue weighted by atomic mass is 32.2. The molecule has 0 amide bonds. The second-order valence-electron chi connectivity index (χ2n) is 9.32. The van der Waals surface area contributed by atoms with Crippen molar-refractivity contribution in [2.24, 2.45) is 0 Å². The summed E-state index contributed by atoms with van der Waals surface area (Å²) in [7, 11) is -7.66. The van der Waals surface area contributed by atoms with Crippen LogP contribution in [0.2, 0.25) is 0 Å². The molecule has 0 aliphatic rings. The normalized spacial score (nSPS) is 14.4. The lowest BCUT2D eigenvalue weighted by Gasteiger charge is -2.30. The third kappa shape index (κ3) is 13.1. The fourth-order valence-electron chi connectivity index (χ4n) is 3.82. The highest BCUT2D eigenvalue weighted by Gasteiger charge is 2.31. The Labute approximate surface area is 237 Å². The summed E-state index contributed by atoms with van der Waals surface area (Å²) in [6.45, 7) is 0.201. The average molecular weight is 593 g/mol. The Hall–Kier alpha value is -2.64. The van der Waals surface area contributed by atoms with Gasteiger partial charge in [-0.2, -0.15) is 16.8 Å². The average Bonchev–Trinajstić information content (AvgIpc) is 2.92. The van der Waals surface area contributed by atoms with Crippen molar-refractivity contribution in [3.63, 3.8) is 0 Å². The lowest BCUT2D eigenvalue weighted by molar-refractivity contribution is -0.0985. The summed E-state index contributed by atoms with van der Waals surface area (Å²) in [5.74, 6) is 0. The van der Waals surface area contributed by atoms with Crippen LogP contribution in [0.5, 0.6) is 0 Å². The quantitative estimate of drug-likeness (QED) is 0.202. The van der Waals surface area contributed by atoms with E-state index in [1.165, 1.54) is 0 Å². The van der Waals surface area contributed by atoms with E-state index >= 15 is 0 Å². The van der Waals surface area contributed by atoms with Crippen molar-refractivity contribution in [3.05, 3.63) is 108 Å². The number of hydrogen-bond donors (Lipinski definition) is 0. The highest BCUT2D eigenvalue weighted by molar-refractivity contribution is 7.86. The first-order valence-electron chi connectivity index (χ1n) is 12.7. The number of ether oxygens (including phenoxy) is 3. The molecule has 0 bridgehead atoms. The van der Waals surface area contributed by atoms with Gasteiger partial charge in [0.25, 0.3) is 20.2 Å². The molecule has 0 unspecified atom stereocenters. The third-order valence-electron chi connectivity index (χ3n) is 5.71. The molecule has 3 rings (SSSR count). The molecule has 11 heteroatoms. The maximum atomic E-state index is 12.2. The first-order chi connectivity index (χ1) is 19.1. The van der Waals surface area contributed by atoms with Crippen molar-refractivity contribution in [1.82, 2.24) is 0 Å². The van der Waals surface area contributed by atoms with E-state index in [0.717, 1.165) is 29.2 Å². The van der Waals surface area contributed by atoms with Gasteiger partial charge < -0.3 is 14.2 Å². The van der Waals surface area contributed by atoms with Gasteiger partial charge in [0.15, 0.2) is 0 Å². The molecular weight excluding hydrogens is 556 g/mol. The molecule has 0 spiro atoms. The van der Waals surface area contributed by atoms with Crippen molar-refractivity contribution in [2.45, 2.75) is 44.6 Å². The zero-order chi connectivity index (χ0) is 28.8. The molecule has 0 N–H and O–H groups in total. The summed E-state index contributed by atoms with van der Waals surface area (Å²) < 4.78 is 76.6. The summed E-state index contributed by atoms with van der Waals surface area (Å²) in [5, 5.41) is 0. The molecule has 3 atom stereocenters. The van der Waals surface area contributed by atoms with E-state index in [1.54, 1.807) is 0 Å². The summed E-state index contributed by atoms with van der Waals surface area (Å²) >= 11 is 0. The molecular formula is C29H36O9S2. The summed E-state index contributed by atoms with van der Waals surface area (Å²) in [4.78, 5) is 0. The predicted molar refractivity (Wildman–Crippen MR) is 151 cm³/mol. The zero-order valence-electron chi connectivity index (χ0n) is 22.6. The topological polar surface area (TPSA) is 114 Å². The van der Waals surface area contributed by atoms with Gasteiger partial charge in [-0.05, 0) is 16.7 Å². The fraction of sp³-hybridized carbons (Fsp3) is 0.379. The van der Waals surface area contributed by atoms with Gasteiger partial charge in [-0.25, -0.2) is 0 Å². The second-order valence-corrected chi connectivity index (χ2v) is 12.6. The minimum atomic E-state index is -3.90. The number of benzene rings is 3. The Morgan fingerprint density at radius 2 is 1.05 bits per heavy atom. The van der Waals surface area contributed by atoms with Crippen LogP contribution in [0.4, 0.5) is 0 Å². The van der Waals surface area contributed by atoms with Crippen molar-refractivity contribution >= 4 is 20.2 Å². The molecule has 0 aliphatic carbocycles. The van der Waals surface area contributed by atoms with E-state index in [1.807, 2.05) is 91.0 Å². The maximum absolute atomic E-state index is 12.2. The van der Waals surface area contributed by atoms with Crippen molar-refractivity contribution < 1.29 is 39.4 Å². The van der Waals surface area contributed by atoms with Gasteiger partial charge in [0.1, 0.15) is 6.10 Å². The molecule has 0 aliphatic heterocycles. The molecule has 0 fully saturated rings. The molecule has 0 aromatic heterocycles. The minimum Gasteiger partial charge on any atom is -0.374 e. The zero-order valence-corrected chi connectivity index (χ0v) is 24.3. The lowest BCUT2D eigenvalue weighted by atomic mass is 10.1. The summed E-state index contributed by atoms with van der Waals surface area (Å²) in [6.07, 6.45) is -0.669. The monoisotopic (exact) mass is 592 g/mol. The van der Waals surface area contributed by atoms with E-state index < -0.39 is 38.5 Å². The molecule has 0 saturated carbocycles. The molecule has 9 nitrogen and oxygen atoms in total. The fourth-order valence-corrected chi connectivity index (χ4v) is 4.85. The van der Waals surface area contributed by atoms with E-state index in [0.29, 0.717) is 0 Å². The molecule has 0 saturated heterocycles. The van der Waals surface area contributed by atoms with Gasteiger partial charge >= 0.3 is 0 Å². The third-order valence-corrected chi connectivity index (χ3v) is 6.87.